The van der Waals surface area contributed by atoms with Gasteiger partial charge in [-0.2, -0.15) is 0 Å². The van der Waals surface area contributed by atoms with E-state index in [-0.39, 0.29) is 5.76 Å². The summed E-state index contributed by atoms with van der Waals surface area (Å²) in [6, 6.07) is 10.6. The smallest absolute Gasteiger partial charge is 0.371 e. The van der Waals surface area contributed by atoms with Crippen molar-refractivity contribution in [1.82, 2.24) is 0 Å². The second-order valence-electron chi connectivity index (χ2n) is 3.79. The van der Waals surface area contributed by atoms with Crippen molar-refractivity contribution < 1.29 is 14.3 Å². The third-order valence-electron chi connectivity index (χ3n) is 2.44. The number of rotatable bonds is 3. The molecule has 1 N–H and O–H groups in total. The van der Waals surface area contributed by atoms with Crippen molar-refractivity contribution in [2.75, 3.05) is 5.33 Å². The van der Waals surface area contributed by atoms with E-state index in [1.54, 1.807) is 6.07 Å². The molecule has 4 heteroatoms. The van der Waals surface area contributed by atoms with Crippen molar-refractivity contribution in [1.29, 1.82) is 0 Å². The molecule has 0 radical (unpaired) electrons. The molecule has 96 valence electrons. The zero-order valence-electron chi connectivity index (χ0n) is 10.0. The Hall–Kier alpha value is -1.99. The van der Waals surface area contributed by atoms with Gasteiger partial charge in [-0.15, -0.1) is 0 Å². The number of halogens is 1. The van der Waals surface area contributed by atoms with Crippen molar-refractivity contribution in [2.24, 2.45) is 0 Å². The predicted octanol–water partition coefficient (Wildman–Crippen LogP) is 3.78. The molecule has 0 saturated heterocycles. The van der Waals surface area contributed by atoms with E-state index in [2.05, 4.69) is 27.8 Å². The summed E-state index contributed by atoms with van der Waals surface area (Å²) in [6.07, 6.45) is 0.807. The van der Waals surface area contributed by atoms with Crippen LogP contribution in [0.2, 0.25) is 0 Å². The SMILES string of the molecule is O=C(O)c1ccc(-c2ccc(C#CCCBr)cc2)o1. The molecule has 1 aromatic heterocycles. The lowest BCUT2D eigenvalue weighted by molar-refractivity contribution is 0.0663. The number of carboxylic acid groups (broad SMARTS) is 1. The fraction of sp³-hybridized carbons (Fsp3) is 0.133. The summed E-state index contributed by atoms with van der Waals surface area (Å²) < 4.78 is 5.23. The van der Waals surface area contributed by atoms with Gasteiger partial charge in [-0.05, 0) is 24.3 Å². The van der Waals surface area contributed by atoms with Crippen LogP contribution >= 0.6 is 15.9 Å². The van der Waals surface area contributed by atoms with Gasteiger partial charge in [0.1, 0.15) is 5.76 Å². The highest BCUT2D eigenvalue weighted by Gasteiger charge is 2.09. The molecule has 0 aliphatic heterocycles. The molecule has 0 saturated carbocycles. The van der Waals surface area contributed by atoms with E-state index in [0.717, 1.165) is 22.9 Å². The highest BCUT2D eigenvalue weighted by atomic mass is 79.9. The number of furan rings is 1. The van der Waals surface area contributed by atoms with E-state index in [1.807, 2.05) is 24.3 Å². The van der Waals surface area contributed by atoms with Crippen LogP contribution in [0.4, 0.5) is 0 Å². The minimum absolute atomic E-state index is 0.0591. The van der Waals surface area contributed by atoms with Crippen LogP contribution in [-0.2, 0) is 0 Å². The molecule has 2 aromatic rings. The highest BCUT2D eigenvalue weighted by molar-refractivity contribution is 9.09. The zero-order valence-corrected chi connectivity index (χ0v) is 11.6. The molecule has 0 atom stereocenters. The summed E-state index contributed by atoms with van der Waals surface area (Å²) in [5.41, 5.74) is 1.76. The molecule has 2 rings (SSSR count). The van der Waals surface area contributed by atoms with Crippen molar-refractivity contribution in [3.05, 3.63) is 47.7 Å². The first kappa shape index (κ1) is 13.4. The Kier molecular flexibility index (Phi) is 4.43. The lowest BCUT2D eigenvalue weighted by atomic mass is 10.1. The van der Waals surface area contributed by atoms with Crippen LogP contribution < -0.4 is 0 Å². The Balaban J connectivity index is 2.18. The van der Waals surface area contributed by atoms with Crippen LogP contribution in [-0.4, -0.2) is 16.4 Å². The maximum absolute atomic E-state index is 10.7. The second-order valence-corrected chi connectivity index (χ2v) is 4.58. The standard InChI is InChI=1S/C15H11BrO3/c16-10-2-1-3-11-4-6-12(7-5-11)13-8-9-14(19-13)15(17)18/h4-9H,2,10H2,(H,17,18). The van der Waals surface area contributed by atoms with Crippen LogP contribution in [0.25, 0.3) is 11.3 Å². The first-order valence-electron chi connectivity index (χ1n) is 5.69. The second kappa shape index (κ2) is 6.26. The fourth-order valence-electron chi connectivity index (χ4n) is 1.54. The summed E-state index contributed by atoms with van der Waals surface area (Å²) in [5.74, 6) is 5.49. The number of alkyl halides is 1. The van der Waals surface area contributed by atoms with E-state index < -0.39 is 5.97 Å². The maximum atomic E-state index is 10.7. The molecule has 0 amide bonds. The maximum Gasteiger partial charge on any atom is 0.371 e. The number of hydrogen-bond acceptors (Lipinski definition) is 2. The Morgan fingerprint density at radius 3 is 2.53 bits per heavy atom. The zero-order chi connectivity index (χ0) is 13.7. The third kappa shape index (κ3) is 3.49. The molecule has 19 heavy (non-hydrogen) atoms. The summed E-state index contributed by atoms with van der Waals surface area (Å²) in [5, 5.41) is 9.66. The Morgan fingerprint density at radius 2 is 1.95 bits per heavy atom. The molecular formula is C15H11BrO3. The monoisotopic (exact) mass is 318 g/mol. The number of aromatic carboxylic acids is 1. The van der Waals surface area contributed by atoms with E-state index in [1.165, 1.54) is 6.07 Å². The van der Waals surface area contributed by atoms with E-state index >= 15 is 0 Å². The third-order valence-corrected chi connectivity index (χ3v) is 2.83. The average Bonchev–Trinajstić information content (AvgIpc) is 2.90. The molecule has 3 nitrogen and oxygen atoms in total. The van der Waals surface area contributed by atoms with E-state index in [4.69, 9.17) is 9.52 Å². The number of carbonyl (C=O) groups is 1. The molecule has 1 aromatic carbocycles. The first-order chi connectivity index (χ1) is 9.20. The molecule has 0 unspecified atom stereocenters. The molecular weight excluding hydrogens is 308 g/mol. The van der Waals surface area contributed by atoms with Gasteiger partial charge in [0.05, 0.1) is 0 Å². The Labute approximate surface area is 119 Å². The summed E-state index contributed by atoms with van der Waals surface area (Å²) in [6.45, 7) is 0. The fourth-order valence-corrected chi connectivity index (χ4v) is 1.74. The van der Waals surface area contributed by atoms with Crippen LogP contribution in [0.15, 0.2) is 40.8 Å². The lowest BCUT2D eigenvalue weighted by Gasteiger charge is -1.97. The normalized spacial score (nSPS) is 9.74. The van der Waals surface area contributed by atoms with Crippen LogP contribution in [0.3, 0.4) is 0 Å². The van der Waals surface area contributed by atoms with Gasteiger partial charge in [0.25, 0.3) is 0 Å². The van der Waals surface area contributed by atoms with Crippen molar-refractivity contribution >= 4 is 21.9 Å². The van der Waals surface area contributed by atoms with E-state index in [9.17, 15) is 4.79 Å². The first-order valence-corrected chi connectivity index (χ1v) is 6.81. The van der Waals surface area contributed by atoms with Crippen molar-refractivity contribution in [3.8, 4) is 23.2 Å². The predicted molar refractivity (Wildman–Crippen MR) is 76.4 cm³/mol. The van der Waals surface area contributed by atoms with Crippen molar-refractivity contribution in [2.45, 2.75) is 6.42 Å². The molecule has 0 spiro atoms. The number of carboxylic acids is 1. The van der Waals surface area contributed by atoms with Crippen LogP contribution in [0, 0.1) is 11.8 Å². The summed E-state index contributed by atoms with van der Waals surface area (Å²) >= 11 is 3.32. The van der Waals surface area contributed by atoms with Gasteiger partial charge in [-0.25, -0.2) is 4.79 Å². The topological polar surface area (TPSA) is 50.4 Å². The van der Waals surface area contributed by atoms with Gasteiger partial charge in [0.2, 0.25) is 5.76 Å². The molecule has 0 aliphatic carbocycles. The van der Waals surface area contributed by atoms with Crippen LogP contribution in [0.1, 0.15) is 22.5 Å². The van der Waals surface area contributed by atoms with Gasteiger partial charge in [-0.3, -0.25) is 0 Å². The highest BCUT2D eigenvalue weighted by Crippen LogP contribution is 2.22. The largest absolute Gasteiger partial charge is 0.475 e. The van der Waals surface area contributed by atoms with E-state index in [0.29, 0.717) is 5.76 Å². The summed E-state index contributed by atoms with van der Waals surface area (Å²) in [7, 11) is 0. The van der Waals surface area contributed by atoms with Gasteiger partial charge >= 0.3 is 5.97 Å². The van der Waals surface area contributed by atoms with Crippen LogP contribution in [0.5, 0.6) is 0 Å². The molecule has 0 fully saturated rings. The summed E-state index contributed by atoms with van der Waals surface area (Å²) in [4.78, 5) is 10.7. The quantitative estimate of drug-likeness (QED) is 0.692. The van der Waals surface area contributed by atoms with Gasteiger partial charge in [0.15, 0.2) is 0 Å². The minimum Gasteiger partial charge on any atom is -0.475 e. The number of hydrogen-bond donors (Lipinski definition) is 1. The van der Waals surface area contributed by atoms with Gasteiger partial charge in [-0.1, -0.05) is 39.9 Å². The molecule has 1 heterocycles. The lowest BCUT2D eigenvalue weighted by Crippen LogP contribution is -1.91. The Bertz CT molecular complexity index is 629. The minimum atomic E-state index is -1.07. The molecule has 0 aliphatic rings. The van der Waals surface area contributed by atoms with Gasteiger partial charge in [0, 0.05) is 22.9 Å². The van der Waals surface area contributed by atoms with Gasteiger partial charge < -0.3 is 9.52 Å². The molecule has 0 bridgehead atoms. The average molecular weight is 319 g/mol. The Morgan fingerprint density at radius 1 is 1.21 bits per heavy atom. The number of benzene rings is 1. The van der Waals surface area contributed by atoms with Crippen molar-refractivity contribution in [3.63, 3.8) is 0 Å².